The minimum atomic E-state index is -4.12. The zero-order valence-electron chi connectivity index (χ0n) is 27.4. The Kier molecular flexibility index (Phi) is 10.7. The van der Waals surface area contributed by atoms with E-state index in [2.05, 4.69) is 10.3 Å². The SMILES string of the molecule is CC(C)CN(C[C@@H](O)[C@H](Cc1ccc(Oc2ccc([N+](=O)[O-])cn2)cc1)NC(=O)O[C@H]1CO[C@H]2OCC[C@H]21)S(=O)(=O)c1ccc2c(c1)OCO2. The number of pyridine rings is 1. The van der Waals surface area contributed by atoms with Crippen LogP contribution < -0.4 is 19.5 Å². The molecule has 0 bridgehead atoms. The number of carbonyl (C=O) groups excluding carboxylic acids is 1. The van der Waals surface area contributed by atoms with Gasteiger partial charge in [0.2, 0.25) is 22.7 Å². The molecule has 0 aliphatic carbocycles. The van der Waals surface area contributed by atoms with Crippen molar-refractivity contribution < 1.29 is 51.7 Å². The average molecular weight is 715 g/mol. The van der Waals surface area contributed by atoms with Crippen molar-refractivity contribution >= 4 is 21.8 Å². The maximum Gasteiger partial charge on any atom is 0.407 e. The first-order chi connectivity index (χ1) is 24.0. The number of hydrogen-bond acceptors (Lipinski definition) is 13. The van der Waals surface area contributed by atoms with Crippen LogP contribution in [0.5, 0.6) is 23.1 Å². The minimum absolute atomic E-state index is 0.0147. The normalized spacial score (nSPS) is 20.8. The number of carbonyl (C=O) groups is 1. The van der Waals surface area contributed by atoms with Crippen LogP contribution in [0.4, 0.5) is 10.5 Å². The number of nitrogens with zero attached hydrogens (tertiary/aromatic N) is 3. The van der Waals surface area contributed by atoms with Crippen molar-refractivity contribution in [2.75, 3.05) is 33.1 Å². The lowest BCUT2D eigenvalue weighted by atomic mass is 10.0. The molecule has 2 aromatic carbocycles. The second-order valence-electron chi connectivity index (χ2n) is 12.6. The number of aliphatic hydroxyl groups is 1. The molecule has 0 radical (unpaired) electrons. The van der Waals surface area contributed by atoms with Gasteiger partial charge in [-0.15, -0.1) is 0 Å². The number of nitrogens with one attached hydrogen (secondary N) is 1. The van der Waals surface area contributed by atoms with Crippen molar-refractivity contribution in [1.82, 2.24) is 14.6 Å². The van der Waals surface area contributed by atoms with Crippen molar-refractivity contribution in [2.24, 2.45) is 11.8 Å². The molecule has 50 heavy (non-hydrogen) atoms. The van der Waals surface area contributed by atoms with Crippen LogP contribution >= 0.6 is 0 Å². The monoisotopic (exact) mass is 714 g/mol. The van der Waals surface area contributed by atoms with Gasteiger partial charge < -0.3 is 38.8 Å². The first-order valence-corrected chi connectivity index (χ1v) is 17.6. The summed E-state index contributed by atoms with van der Waals surface area (Å²) in [6.07, 6.45) is -1.24. The molecule has 3 aliphatic rings. The summed E-state index contributed by atoms with van der Waals surface area (Å²) in [6, 6.07) is 12.7. The van der Waals surface area contributed by atoms with Gasteiger partial charge in [-0.2, -0.15) is 4.31 Å². The molecular formula is C33H38N4O12S. The van der Waals surface area contributed by atoms with Crippen molar-refractivity contribution in [3.63, 3.8) is 0 Å². The van der Waals surface area contributed by atoms with Gasteiger partial charge in [0.05, 0.1) is 41.1 Å². The van der Waals surface area contributed by atoms with Gasteiger partial charge >= 0.3 is 6.09 Å². The van der Waals surface area contributed by atoms with Gasteiger partial charge in [0, 0.05) is 31.3 Å². The molecule has 5 atom stereocenters. The molecule has 17 heteroatoms. The topological polar surface area (TPSA) is 198 Å². The zero-order valence-corrected chi connectivity index (χ0v) is 28.2. The van der Waals surface area contributed by atoms with Crippen molar-refractivity contribution in [1.29, 1.82) is 0 Å². The van der Waals surface area contributed by atoms with Gasteiger partial charge in [-0.3, -0.25) is 10.1 Å². The number of benzene rings is 2. The van der Waals surface area contributed by atoms with E-state index in [0.717, 1.165) is 6.20 Å². The highest BCUT2D eigenvalue weighted by Gasteiger charge is 2.44. The Balaban J connectivity index is 1.19. The molecule has 3 aromatic rings. The number of ether oxygens (including phenoxy) is 6. The molecule has 2 N–H and O–H groups in total. The fraction of sp³-hybridized carbons (Fsp3) is 0.455. The highest BCUT2D eigenvalue weighted by molar-refractivity contribution is 7.89. The fourth-order valence-electron chi connectivity index (χ4n) is 5.96. The predicted octanol–water partition coefficient (Wildman–Crippen LogP) is 3.62. The summed E-state index contributed by atoms with van der Waals surface area (Å²) in [7, 11) is -4.12. The summed E-state index contributed by atoms with van der Waals surface area (Å²) in [5, 5.41) is 25.3. The number of nitro groups is 1. The summed E-state index contributed by atoms with van der Waals surface area (Å²) in [4.78, 5) is 27.5. The van der Waals surface area contributed by atoms with Crippen LogP contribution in [-0.2, 0) is 30.7 Å². The smallest absolute Gasteiger partial charge is 0.407 e. The maximum atomic E-state index is 13.9. The number of aliphatic hydroxyl groups excluding tert-OH is 1. The Hall–Kier alpha value is -4.55. The van der Waals surface area contributed by atoms with Crippen LogP contribution in [0.25, 0.3) is 0 Å². The van der Waals surface area contributed by atoms with Crippen molar-refractivity contribution in [2.45, 2.75) is 56.1 Å². The van der Waals surface area contributed by atoms with E-state index in [1.54, 1.807) is 24.3 Å². The van der Waals surface area contributed by atoms with E-state index in [1.807, 2.05) is 13.8 Å². The van der Waals surface area contributed by atoms with Crippen molar-refractivity contribution in [3.8, 4) is 23.1 Å². The van der Waals surface area contributed by atoms with Crippen molar-refractivity contribution in [3.05, 3.63) is 76.5 Å². The molecule has 0 spiro atoms. The maximum absolute atomic E-state index is 13.9. The molecule has 1 amide bonds. The standard InChI is InChI=1S/C33H38N4O12S/c1-20(2)16-36(50(42,43)24-8-9-28-29(14-24)47-19-46-28)17-27(38)26(35-33(39)49-30-18-45-32-25(30)11-12-44-32)13-21-3-6-23(7-4-21)48-31-10-5-22(15-34-31)37(40)41/h3-10,14-15,20,25-27,30,32,38H,11-13,16-19H2,1-2H3,(H,35,39)/t25-,26-,27+,30-,32+/m0/s1. The summed E-state index contributed by atoms with van der Waals surface area (Å²) < 4.78 is 62.3. The highest BCUT2D eigenvalue weighted by atomic mass is 32.2. The third-order valence-corrected chi connectivity index (χ3v) is 10.3. The van der Waals surface area contributed by atoms with E-state index in [1.165, 1.54) is 34.6 Å². The van der Waals surface area contributed by atoms with Gasteiger partial charge in [0.25, 0.3) is 5.69 Å². The zero-order chi connectivity index (χ0) is 35.4. The minimum Gasteiger partial charge on any atom is -0.454 e. The number of amides is 1. The lowest BCUT2D eigenvalue weighted by Gasteiger charge is -2.31. The molecule has 2 fully saturated rings. The molecular weight excluding hydrogens is 676 g/mol. The number of hydrogen-bond donors (Lipinski definition) is 2. The molecule has 0 unspecified atom stereocenters. The van der Waals surface area contributed by atoms with Crippen LogP contribution in [0.2, 0.25) is 0 Å². The Morgan fingerprint density at radius 2 is 1.88 bits per heavy atom. The third kappa shape index (κ3) is 8.24. The number of fused-ring (bicyclic) bond motifs is 2. The Labute approximate surface area is 288 Å². The number of aromatic nitrogens is 1. The molecule has 268 valence electrons. The molecule has 0 saturated carbocycles. The largest absolute Gasteiger partial charge is 0.454 e. The van der Waals surface area contributed by atoms with E-state index >= 15 is 0 Å². The number of sulfonamides is 1. The van der Waals surface area contributed by atoms with Crippen LogP contribution in [-0.4, -0.2) is 91.5 Å². The molecule has 1 aromatic heterocycles. The number of alkyl carbamates (subject to hydrolysis) is 1. The summed E-state index contributed by atoms with van der Waals surface area (Å²) >= 11 is 0. The van der Waals surface area contributed by atoms with Crippen LogP contribution in [0.1, 0.15) is 25.8 Å². The average Bonchev–Trinajstić information content (AvgIpc) is 3.84. The molecule has 3 aliphatic heterocycles. The third-order valence-electron chi connectivity index (χ3n) is 8.49. The predicted molar refractivity (Wildman–Crippen MR) is 174 cm³/mol. The summed E-state index contributed by atoms with van der Waals surface area (Å²) in [5.74, 6) is 1.10. The molecule has 2 saturated heterocycles. The molecule has 6 rings (SSSR count). The Bertz CT molecular complexity index is 1770. The first-order valence-electron chi connectivity index (χ1n) is 16.1. The summed E-state index contributed by atoms with van der Waals surface area (Å²) in [6.45, 7) is 4.15. The quantitative estimate of drug-likeness (QED) is 0.182. The van der Waals surface area contributed by atoms with Gasteiger partial charge in [0.1, 0.15) is 18.1 Å². The van der Waals surface area contributed by atoms with Gasteiger partial charge in [-0.1, -0.05) is 26.0 Å². The molecule has 4 heterocycles. The van der Waals surface area contributed by atoms with Crippen LogP contribution in [0.15, 0.2) is 65.7 Å². The second-order valence-corrected chi connectivity index (χ2v) is 14.5. The lowest BCUT2D eigenvalue weighted by molar-refractivity contribution is -0.385. The van der Waals surface area contributed by atoms with E-state index in [4.69, 9.17) is 28.4 Å². The van der Waals surface area contributed by atoms with Gasteiger partial charge in [-0.25, -0.2) is 18.2 Å². The molecule has 16 nitrogen and oxygen atoms in total. The van der Waals surface area contributed by atoms with E-state index in [-0.39, 0.29) is 61.2 Å². The van der Waals surface area contributed by atoms with Crippen LogP contribution in [0.3, 0.4) is 0 Å². The first kappa shape index (κ1) is 35.3. The van der Waals surface area contributed by atoms with E-state index in [9.17, 15) is 28.4 Å². The Morgan fingerprint density at radius 3 is 2.60 bits per heavy atom. The second kappa shape index (κ2) is 15.1. The lowest BCUT2D eigenvalue weighted by Crippen LogP contribution is -2.51. The van der Waals surface area contributed by atoms with Gasteiger partial charge in [0.15, 0.2) is 17.8 Å². The van der Waals surface area contributed by atoms with E-state index in [0.29, 0.717) is 35.8 Å². The highest BCUT2D eigenvalue weighted by Crippen LogP contribution is 2.35. The number of rotatable bonds is 14. The van der Waals surface area contributed by atoms with Gasteiger partial charge in [-0.05, 0) is 48.6 Å². The Morgan fingerprint density at radius 1 is 1.10 bits per heavy atom. The summed E-state index contributed by atoms with van der Waals surface area (Å²) in [5.41, 5.74) is 0.511. The fourth-order valence-corrected chi connectivity index (χ4v) is 7.60. The van der Waals surface area contributed by atoms with E-state index < -0.39 is 45.6 Å². The van der Waals surface area contributed by atoms with Crippen LogP contribution in [0, 0.1) is 22.0 Å².